The van der Waals surface area contributed by atoms with Gasteiger partial charge in [-0.05, 0) is 13.8 Å². The summed E-state index contributed by atoms with van der Waals surface area (Å²) in [5.74, 6) is -14.7. The van der Waals surface area contributed by atoms with Crippen molar-refractivity contribution in [1.29, 1.82) is 0 Å². The van der Waals surface area contributed by atoms with Gasteiger partial charge in [-0.2, -0.15) is 60.6 Å². The first-order valence-corrected chi connectivity index (χ1v) is 8.90. The standard InChI is InChI=1S/C10H12OS.C4HF9O3S/c1-10(2,12)9(11)8-6-4-3-5-7-8;5-1(6,3(9,10)11)2(7,8)4(12,13)17(14,15)16/h3-7,12H,1-2H3;(H,14,15,16). The van der Waals surface area contributed by atoms with Crippen LogP contribution in [0.3, 0.4) is 0 Å². The highest BCUT2D eigenvalue weighted by Gasteiger charge is 2.85. The van der Waals surface area contributed by atoms with Crippen LogP contribution in [0.5, 0.6) is 0 Å². The topological polar surface area (TPSA) is 71.4 Å². The van der Waals surface area contributed by atoms with Gasteiger partial charge in [0.05, 0.1) is 4.75 Å². The lowest BCUT2D eigenvalue weighted by Gasteiger charge is -2.31. The van der Waals surface area contributed by atoms with Crippen LogP contribution in [0.15, 0.2) is 30.3 Å². The highest BCUT2D eigenvalue weighted by atomic mass is 32.2. The van der Waals surface area contributed by atoms with Gasteiger partial charge in [0.1, 0.15) is 0 Å². The summed E-state index contributed by atoms with van der Waals surface area (Å²) < 4.78 is 133. The zero-order valence-electron chi connectivity index (χ0n) is 14.3. The van der Waals surface area contributed by atoms with Crippen LogP contribution in [-0.2, 0) is 10.1 Å². The van der Waals surface area contributed by atoms with Crippen molar-refractivity contribution in [3.05, 3.63) is 35.9 Å². The van der Waals surface area contributed by atoms with Crippen molar-refractivity contribution in [3.8, 4) is 0 Å². The number of alkyl halides is 9. The van der Waals surface area contributed by atoms with Crippen molar-refractivity contribution >= 4 is 28.5 Å². The summed E-state index contributed by atoms with van der Waals surface area (Å²) in [6.07, 6.45) is -7.13. The molecule has 0 aliphatic carbocycles. The zero-order chi connectivity index (χ0) is 23.7. The number of hydrogen-bond acceptors (Lipinski definition) is 4. The second kappa shape index (κ2) is 8.34. The lowest BCUT2D eigenvalue weighted by atomic mass is 10.0. The second-order valence-corrected chi connectivity index (χ2v) is 8.47. The van der Waals surface area contributed by atoms with E-state index in [9.17, 15) is 52.7 Å². The molecule has 0 amide bonds. The number of Topliss-reactive ketones (excluding diaryl/α,β-unsaturated/α-hetero) is 1. The molecule has 1 aromatic carbocycles. The summed E-state index contributed by atoms with van der Waals surface area (Å²) in [5, 5.41) is -7.00. The van der Waals surface area contributed by atoms with E-state index in [1.54, 1.807) is 26.0 Å². The van der Waals surface area contributed by atoms with Crippen molar-refractivity contribution in [2.45, 2.75) is 41.9 Å². The van der Waals surface area contributed by atoms with Crippen LogP contribution < -0.4 is 0 Å². The number of benzene rings is 1. The third-order valence-electron chi connectivity index (χ3n) is 3.03. The molecule has 0 spiro atoms. The van der Waals surface area contributed by atoms with E-state index in [2.05, 4.69) is 12.6 Å². The molecular weight excluding hydrogens is 467 g/mol. The number of rotatable bonds is 5. The number of ketones is 1. The monoisotopic (exact) mass is 480 g/mol. The first-order chi connectivity index (χ1) is 12.5. The van der Waals surface area contributed by atoms with Crippen LogP contribution in [0.2, 0.25) is 0 Å². The normalized spacial score (nSPS) is 14.1. The minimum Gasteiger partial charge on any atom is -0.293 e. The molecule has 0 atom stereocenters. The SMILES string of the molecule is CC(C)(S)C(=O)c1ccccc1.O=S(=O)(O)C(F)(F)C(F)(F)C(F)(F)C(F)(F)F. The molecule has 0 saturated carbocycles. The third kappa shape index (κ3) is 5.78. The molecule has 1 rings (SSSR count). The quantitative estimate of drug-likeness (QED) is 0.273. The molecule has 0 unspecified atom stereocenters. The van der Waals surface area contributed by atoms with E-state index >= 15 is 0 Å². The Hall–Kier alpha value is -1.48. The van der Waals surface area contributed by atoms with Crippen molar-refractivity contribution in [2.75, 3.05) is 0 Å². The minimum atomic E-state index is -7.37. The molecule has 0 saturated heterocycles. The van der Waals surface area contributed by atoms with Gasteiger partial charge in [0.15, 0.2) is 5.78 Å². The van der Waals surface area contributed by atoms with Gasteiger partial charge in [0.2, 0.25) is 0 Å². The van der Waals surface area contributed by atoms with E-state index in [4.69, 9.17) is 4.55 Å². The maximum atomic E-state index is 12.2. The number of carbonyl (C=O) groups excluding carboxylic acids is 1. The van der Waals surface area contributed by atoms with E-state index in [1.807, 2.05) is 18.2 Å². The van der Waals surface area contributed by atoms with Gasteiger partial charge in [0, 0.05) is 5.56 Å². The largest absolute Gasteiger partial charge is 0.460 e. The Morgan fingerprint density at radius 2 is 1.24 bits per heavy atom. The smallest absolute Gasteiger partial charge is 0.293 e. The molecule has 1 aromatic rings. The molecule has 1 N–H and O–H groups in total. The molecule has 29 heavy (non-hydrogen) atoms. The number of hydrogen-bond donors (Lipinski definition) is 2. The summed E-state index contributed by atoms with van der Waals surface area (Å²) in [6.45, 7) is 3.59. The van der Waals surface area contributed by atoms with E-state index in [0.717, 1.165) is 5.56 Å². The van der Waals surface area contributed by atoms with Crippen molar-refractivity contribution in [2.24, 2.45) is 0 Å². The third-order valence-corrected chi connectivity index (χ3v) is 4.14. The molecule has 15 heteroatoms. The van der Waals surface area contributed by atoms with E-state index in [-0.39, 0.29) is 5.78 Å². The molecule has 0 heterocycles. The lowest BCUT2D eigenvalue weighted by Crippen LogP contribution is -2.63. The predicted molar refractivity (Wildman–Crippen MR) is 86.3 cm³/mol. The summed E-state index contributed by atoms with van der Waals surface area (Å²) in [4.78, 5) is 11.6. The maximum Gasteiger partial charge on any atom is 0.460 e. The Balaban J connectivity index is 0.000000571. The van der Waals surface area contributed by atoms with Gasteiger partial charge >= 0.3 is 33.4 Å². The van der Waals surface area contributed by atoms with Gasteiger partial charge < -0.3 is 0 Å². The first-order valence-electron chi connectivity index (χ1n) is 7.01. The average Bonchev–Trinajstić information content (AvgIpc) is 2.52. The fourth-order valence-electron chi connectivity index (χ4n) is 1.47. The van der Waals surface area contributed by atoms with E-state index < -0.39 is 38.1 Å². The molecule has 0 aromatic heterocycles. The second-order valence-electron chi connectivity index (χ2n) is 5.89. The van der Waals surface area contributed by atoms with Crippen molar-refractivity contribution < 1.29 is 57.3 Å². The molecule has 0 radical (unpaired) electrons. The number of thiol groups is 1. The van der Waals surface area contributed by atoms with Crippen LogP contribution in [0, 0.1) is 0 Å². The summed E-state index contributed by atoms with van der Waals surface area (Å²) in [6, 6.07) is 9.21. The summed E-state index contributed by atoms with van der Waals surface area (Å²) >= 11 is 4.21. The zero-order valence-corrected chi connectivity index (χ0v) is 16.0. The molecule has 168 valence electrons. The lowest BCUT2D eigenvalue weighted by molar-refractivity contribution is -0.382. The highest BCUT2D eigenvalue weighted by Crippen LogP contribution is 2.54. The van der Waals surface area contributed by atoms with Crippen molar-refractivity contribution in [1.82, 2.24) is 0 Å². The van der Waals surface area contributed by atoms with Gasteiger partial charge in [-0.3, -0.25) is 9.35 Å². The molecule has 4 nitrogen and oxygen atoms in total. The van der Waals surface area contributed by atoms with Gasteiger partial charge in [-0.15, -0.1) is 0 Å². The molecule has 0 bridgehead atoms. The van der Waals surface area contributed by atoms with E-state index in [1.165, 1.54) is 0 Å². The average molecular weight is 480 g/mol. The maximum absolute atomic E-state index is 12.2. The summed E-state index contributed by atoms with van der Waals surface area (Å²) in [5.41, 5.74) is 0.720. The Labute approximate surface area is 164 Å². The van der Waals surface area contributed by atoms with Gasteiger partial charge in [-0.25, -0.2) is 0 Å². The molecule has 0 fully saturated rings. The Bertz CT molecular complexity index is 814. The number of halogens is 9. The minimum absolute atomic E-state index is 0.0615. The fourth-order valence-corrected chi connectivity index (χ4v) is 2.05. The fraction of sp³-hybridized carbons (Fsp3) is 0.500. The molecule has 0 aliphatic heterocycles. The van der Waals surface area contributed by atoms with Crippen LogP contribution >= 0.6 is 12.6 Å². The molecule has 0 aliphatic rings. The first kappa shape index (κ1) is 27.5. The van der Waals surface area contributed by atoms with E-state index in [0.29, 0.717) is 0 Å². The Morgan fingerprint density at radius 1 is 0.862 bits per heavy atom. The predicted octanol–water partition coefficient (Wildman–Crippen LogP) is 4.88. The number of carbonyl (C=O) groups is 1. The van der Waals surface area contributed by atoms with Gasteiger partial charge in [-0.1, -0.05) is 30.3 Å². The van der Waals surface area contributed by atoms with Gasteiger partial charge in [0.25, 0.3) is 0 Å². The van der Waals surface area contributed by atoms with Crippen LogP contribution in [0.4, 0.5) is 39.5 Å². The van der Waals surface area contributed by atoms with Crippen LogP contribution in [0.1, 0.15) is 24.2 Å². The van der Waals surface area contributed by atoms with Crippen molar-refractivity contribution in [3.63, 3.8) is 0 Å². The van der Waals surface area contributed by atoms with Crippen LogP contribution in [-0.4, -0.2) is 46.8 Å². The highest BCUT2D eigenvalue weighted by molar-refractivity contribution is 7.87. The molecular formula is C14H13F9O4S2. The van der Waals surface area contributed by atoms with Crippen LogP contribution in [0.25, 0.3) is 0 Å². The Morgan fingerprint density at radius 3 is 1.52 bits per heavy atom. The summed E-state index contributed by atoms with van der Waals surface area (Å²) in [7, 11) is -7.17. The Kier molecular flexibility index (Phi) is 7.91.